The van der Waals surface area contributed by atoms with Crippen LogP contribution in [0.3, 0.4) is 0 Å². The maximum absolute atomic E-state index is 5.69. The maximum atomic E-state index is 5.69. The maximum Gasteiger partial charge on any atom is 0.0717 e. The Morgan fingerprint density at radius 2 is 2.12 bits per heavy atom. The third-order valence-corrected chi connectivity index (χ3v) is 3.25. The fourth-order valence-corrected chi connectivity index (χ4v) is 1.94. The molecule has 0 unspecified atom stereocenters. The molecule has 0 aliphatic heterocycles. The molecule has 1 aromatic carbocycles. The number of benzene rings is 1. The minimum Gasteiger partial charge on any atom is -0.375 e. The molecule has 3 nitrogen and oxygen atoms in total. The Balaban J connectivity index is 1.66. The lowest BCUT2D eigenvalue weighted by molar-refractivity contribution is 0.0978. The molecule has 1 aliphatic rings. The number of likely N-dealkylation sites (N-methyl/N-ethyl adjacent to an activating group) is 1. The molecule has 1 fully saturated rings. The molecule has 2 N–H and O–H groups in total. The van der Waals surface area contributed by atoms with Crippen LogP contribution in [0, 0.1) is 0 Å². The van der Waals surface area contributed by atoms with Gasteiger partial charge in [-0.25, -0.2) is 0 Å². The second-order valence-corrected chi connectivity index (χ2v) is 4.79. The molecule has 0 atom stereocenters. The number of rotatable bonds is 7. The molecule has 0 aromatic heterocycles. The first-order chi connectivity index (χ1) is 8.29. The van der Waals surface area contributed by atoms with Crippen molar-refractivity contribution in [2.45, 2.75) is 32.0 Å². The van der Waals surface area contributed by atoms with Gasteiger partial charge in [-0.05, 0) is 31.0 Å². The number of nitrogens with two attached hydrogens (primary N) is 1. The van der Waals surface area contributed by atoms with Crippen LogP contribution in [0.15, 0.2) is 24.3 Å². The smallest absolute Gasteiger partial charge is 0.0717 e. The van der Waals surface area contributed by atoms with Crippen LogP contribution < -0.4 is 5.73 Å². The van der Waals surface area contributed by atoms with Gasteiger partial charge in [0.15, 0.2) is 0 Å². The van der Waals surface area contributed by atoms with Crippen molar-refractivity contribution >= 4 is 0 Å². The van der Waals surface area contributed by atoms with E-state index in [4.69, 9.17) is 10.5 Å². The SMILES string of the molecule is CN(CCOCc1cccc(CN)c1)C1CC1. The summed E-state index contributed by atoms with van der Waals surface area (Å²) in [5.41, 5.74) is 7.98. The molecule has 94 valence electrons. The molecular formula is C14H22N2O. The highest BCUT2D eigenvalue weighted by Crippen LogP contribution is 2.24. The summed E-state index contributed by atoms with van der Waals surface area (Å²) in [4.78, 5) is 2.39. The highest BCUT2D eigenvalue weighted by molar-refractivity contribution is 5.22. The van der Waals surface area contributed by atoms with Gasteiger partial charge in [0, 0.05) is 19.1 Å². The van der Waals surface area contributed by atoms with Gasteiger partial charge in [-0.1, -0.05) is 24.3 Å². The normalized spacial score (nSPS) is 15.5. The van der Waals surface area contributed by atoms with Crippen LogP contribution in [0.4, 0.5) is 0 Å². The molecule has 0 spiro atoms. The van der Waals surface area contributed by atoms with Gasteiger partial charge < -0.3 is 15.4 Å². The van der Waals surface area contributed by atoms with Crippen molar-refractivity contribution in [1.82, 2.24) is 4.90 Å². The van der Waals surface area contributed by atoms with Gasteiger partial charge in [0.1, 0.15) is 0 Å². The van der Waals surface area contributed by atoms with Crippen molar-refractivity contribution in [1.29, 1.82) is 0 Å². The number of hydrogen-bond donors (Lipinski definition) is 1. The molecule has 0 amide bonds. The first-order valence-electron chi connectivity index (χ1n) is 6.35. The van der Waals surface area contributed by atoms with Crippen LogP contribution in [0.2, 0.25) is 0 Å². The van der Waals surface area contributed by atoms with E-state index in [1.807, 2.05) is 12.1 Å². The summed E-state index contributed by atoms with van der Waals surface area (Å²) >= 11 is 0. The lowest BCUT2D eigenvalue weighted by Crippen LogP contribution is -2.25. The first kappa shape index (κ1) is 12.6. The second-order valence-electron chi connectivity index (χ2n) is 4.79. The second kappa shape index (κ2) is 6.15. The fraction of sp³-hybridized carbons (Fsp3) is 0.571. The highest BCUT2D eigenvalue weighted by atomic mass is 16.5. The fourth-order valence-electron chi connectivity index (χ4n) is 1.94. The van der Waals surface area contributed by atoms with Gasteiger partial charge in [0.25, 0.3) is 0 Å². The van der Waals surface area contributed by atoms with Crippen LogP contribution >= 0.6 is 0 Å². The monoisotopic (exact) mass is 234 g/mol. The van der Waals surface area contributed by atoms with Gasteiger partial charge in [0.05, 0.1) is 13.2 Å². The zero-order valence-electron chi connectivity index (χ0n) is 10.6. The number of hydrogen-bond acceptors (Lipinski definition) is 3. The number of nitrogens with zero attached hydrogens (tertiary/aromatic N) is 1. The van der Waals surface area contributed by atoms with Crippen LogP contribution in [0.1, 0.15) is 24.0 Å². The summed E-state index contributed by atoms with van der Waals surface area (Å²) in [7, 11) is 2.18. The van der Waals surface area contributed by atoms with E-state index in [1.54, 1.807) is 0 Å². The first-order valence-corrected chi connectivity index (χ1v) is 6.35. The van der Waals surface area contributed by atoms with Crippen LogP contribution in [0.5, 0.6) is 0 Å². The van der Waals surface area contributed by atoms with Crippen molar-refractivity contribution in [3.05, 3.63) is 35.4 Å². The molecule has 3 heteroatoms. The van der Waals surface area contributed by atoms with Crippen LogP contribution in [-0.2, 0) is 17.9 Å². The van der Waals surface area contributed by atoms with Crippen molar-refractivity contribution in [3.63, 3.8) is 0 Å². The summed E-state index contributed by atoms with van der Waals surface area (Å²) in [5, 5.41) is 0. The predicted molar refractivity (Wildman–Crippen MR) is 69.6 cm³/mol. The van der Waals surface area contributed by atoms with E-state index < -0.39 is 0 Å². The minimum atomic E-state index is 0.595. The van der Waals surface area contributed by atoms with E-state index in [0.29, 0.717) is 13.2 Å². The average molecular weight is 234 g/mol. The molecule has 17 heavy (non-hydrogen) atoms. The molecule has 0 radical (unpaired) electrons. The molecule has 1 saturated carbocycles. The quantitative estimate of drug-likeness (QED) is 0.731. The van der Waals surface area contributed by atoms with E-state index in [9.17, 15) is 0 Å². The largest absolute Gasteiger partial charge is 0.375 e. The Bertz CT molecular complexity index is 350. The molecule has 0 heterocycles. The Morgan fingerprint density at radius 3 is 2.82 bits per heavy atom. The molecular weight excluding hydrogens is 212 g/mol. The zero-order valence-corrected chi connectivity index (χ0v) is 10.6. The van der Waals surface area contributed by atoms with Crippen molar-refractivity contribution in [2.24, 2.45) is 5.73 Å². The Kier molecular flexibility index (Phi) is 4.54. The van der Waals surface area contributed by atoms with Crippen molar-refractivity contribution in [2.75, 3.05) is 20.2 Å². The van der Waals surface area contributed by atoms with Crippen molar-refractivity contribution in [3.8, 4) is 0 Å². The molecule has 0 saturated heterocycles. The minimum absolute atomic E-state index is 0.595. The molecule has 1 aliphatic carbocycles. The zero-order chi connectivity index (χ0) is 12.1. The Hall–Kier alpha value is -0.900. The summed E-state index contributed by atoms with van der Waals surface area (Å²) in [6.45, 7) is 3.12. The third kappa shape index (κ3) is 4.11. The molecule has 1 aromatic rings. The van der Waals surface area contributed by atoms with E-state index in [2.05, 4.69) is 24.1 Å². The topological polar surface area (TPSA) is 38.5 Å². The summed E-state index contributed by atoms with van der Waals surface area (Å²) < 4.78 is 5.69. The lowest BCUT2D eigenvalue weighted by Gasteiger charge is -2.15. The Morgan fingerprint density at radius 1 is 1.35 bits per heavy atom. The molecule has 2 rings (SSSR count). The van der Waals surface area contributed by atoms with E-state index >= 15 is 0 Å². The van der Waals surface area contributed by atoms with Gasteiger partial charge in [-0.2, -0.15) is 0 Å². The Labute approximate surface area is 104 Å². The van der Waals surface area contributed by atoms with E-state index in [1.165, 1.54) is 24.0 Å². The van der Waals surface area contributed by atoms with E-state index in [0.717, 1.165) is 19.2 Å². The molecule has 0 bridgehead atoms. The standard InChI is InChI=1S/C14H22N2O/c1-16(14-5-6-14)7-8-17-11-13-4-2-3-12(9-13)10-15/h2-4,9,14H,5-8,10-11,15H2,1H3. The summed E-state index contributed by atoms with van der Waals surface area (Å²) in [6, 6.07) is 9.11. The van der Waals surface area contributed by atoms with Crippen molar-refractivity contribution < 1.29 is 4.74 Å². The average Bonchev–Trinajstić information content (AvgIpc) is 3.19. The van der Waals surface area contributed by atoms with Gasteiger partial charge in [-0.15, -0.1) is 0 Å². The van der Waals surface area contributed by atoms with Gasteiger partial charge in [-0.3, -0.25) is 0 Å². The highest BCUT2D eigenvalue weighted by Gasteiger charge is 2.25. The summed E-state index contributed by atoms with van der Waals surface area (Å²) in [5.74, 6) is 0. The van der Waals surface area contributed by atoms with Gasteiger partial charge in [0.2, 0.25) is 0 Å². The van der Waals surface area contributed by atoms with Gasteiger partial charge >= 0.3 is 0 Å². The number of ether oxygens (including phenoxy) is 1. The lowest BCUT2D eigenvalue weighted by atomic mass is 10.1. The summed E-state index contributed by atoms with van der Waals surface area (Å²) in [6.07, 6.45) is 2.71. The van der Waals surface area contributed by atoms with Crippen LogP contribution in [0.25, 0.3) is 0 Å². The van der Waals surface area contributed by atoms with Crippen LogP contribution in [-0.4, -0.2) is 31.1 Å². The predicted octanol–water partition coefficient (Wildman–Crippen LogP) is 1.76. The van der Waals surface area contributed by atoms with E-state index in [-0.39, 0.29) is 0 Å². The third-order valence-electron chi connectivity index (χ3n) is 3.25.